The Morgan fingerprint density at radius 2 is 1.44 bits per heavy atom. The van der Waals surface area contributed by atoms with E-state index in [0.29, 0.717) is 5.56 Å². The molecule has 0 radical (unpaired) electrons. The van der Waals surface area contributed by atoms with Gasteiger partial charge in [-0.3, -0.25) is 0 Å². The van der Waals surface area contributed by atoms with Crippen LogP contribution in [0.3, 0.4) is 0 Å². The second-order valence-corrected chi connectivity index (χ2v) is 7.65. The maximum absolute atomic E-state index is 12.5. The highest BCUT2D eigenvalue weighted by Gasteiger charge is 2.12. The van der Waals surface area contributed by atoms with Crippen LogP contribution in [-0.2, 0) is 11.3 Å². The normalized spacial score (nSPS) is 11.3. The number of hydrogen-bond donors (Lipinski definition) is 0. The van der Waals surface area contributed by atoms with Crippen molar-refractivity contribution in [3.05, 3.63) is 96.1 Å². The molecule has 0 N–H and O–H groups in total. The van der Waals surface area contributed by atoms with Crippen LogP contribution in [0.4, 0.5) is 0 Å². The first kappa shape index (κ1) is 16.0. The second kappa shape index (κ2) is 6.53. The highest BCUT2D eigenvalue weighted by atomic mass is 32.1. The molecule has 1 aromatic heterocycles. The summed E-state index contributed by atoms with van der Waals surface area (Å²) >= 11 is 1.71. The van der Waals surface area contributed by atoms with E-state index in [2.05, 4.69) is 36.4 Å². The fourth-order valence-corrected chi connectivity index (χ4v) is 4.57. The molecule has 0 saturated heterocycles. The number of thiophene rings is 1. The van der Waals surface area contributed by atoms with Crippen LogP contribution < -0.4 is 0 Å². The monoisotopic (exact) mass is 368 g/mol. The molecule has 130 valence electrons. The molecule has 0 bridgehead atoms. The summed E-state index contributed by atoms with van der Waals surface area (Å²) in [6.45, 7) is 0.287. The number of esters is 1. The molecule has 0 aliphatic rings. The average Bonchev–Trinajstić information content (AvgIpc) is 3.07. The van der Waals surface area contributed by atoms with Crippen molar-refractivity contribution in [2.24, 2.45) is 0 Å². The van der Waals surface area contributed by atoms with Gasteiger partial charge in [-0.1, -0.05) is 60.7 Å². The van der Waals surface area contributed by atoms with Crippen molar-refractivity contribution in [3.8, 4) is 0 Å². The Kier molecular flexibility index (Phi) is 3.88. The predicted octanol–water partition coefficient (Wildman–Crippen LogP) is 6.56. The molecule has 0 aliphatic carbocycles. The minimum absolute atomic E-state index is 0.287. The third kappa shape index (κ3) is 2.96. The van der Waals surface area contributed by atoms with Gasteiger partial charge in [0.2, 0.25) is 0 Å². The number of carbonyl (C=O) groups excluding carboxylic acids is 1. The Labute approximate surface area is 160 Å². The third-order valence-electron chi connectivity index (χ3n) is 4.79. The molecule has 5 rings (SSSR count). The molecule has 4 aromatic carbocycles. The average molecular weight is 368 g/mol. The van der Waals surface area contributed by atoms with E-state index in [0.717, 1.165) is 10.3 Å². The molecular formula is C24H16O2S. The molecule has 3 heteroatoms. The smallest absolute Gasteiger partial charge is 0.338 e. The Bertz CT molecular complexity index is 1290. The van der Waals surface area contributed by atoms with Crippen LogP contribution >= 0.6 is 11.3 Å². The number of rotatable bonds is 3. The van der Waals surface area contributed by atoms with Crippen molar-refractivity contribution in [2.75, 3.05) is 0 Å². The number of benzene rings is 4. The lowest BCUT2D eigenvalue weighted by molar-refractivity contribution is 0.0473. The molecule has 0 saturated carbocycles. The van der Waals surface area contributed by atoms with E-state index in [1.165, 1.54) is 26.2 Å². The highest BCUT2D eigenvalue weighted by molar-refractivity contribution is 7.25. The first-order valence-corrected chi connectivity index (χ1v) is 9.66. The lowest BCUT2D eigenvalue weighted by atomic mass is 10.1. The van der Waals surface area contributed by atoms with Crippen molar-refractivity contribution in [1.29, 1.82) is 0 Å². The molecular weight excluding hydrogens is 352 g/mol. The van der Waals surface area contributed by atoms with Crippen LogP contribution in [0.25, 0.3) is 30.9 Å². The fraction of sp³-hybridized carbons (Fsp3) is 0.0417. The van der Waals surface area contributed by atoms with E-state index < -0.39 is 0 Å². The van der Waals surface area contributed by atoms with Gasteiger partial charge in [-0.2, -0.15) is 0 Å². The summed E-state index contributed by atoms with van der Waals surface area (Å²) in [5.41, 5.74) is 1.58. The summed E-state index contributed by atoms with van der Waals surface area (Å²) in [5.74, 6) is -0.289. The van der Waals surface area contributed by atoms with E-state index in [4.69, 9.17) is 4.74 Å². The van der Waals surface area contributed by atoms with E-state index in [1.807, 2.05) is 48.5 Å². The summed E-state index contributed by atoms with van der Waals surface area (Å²) in [7, 11) is 0. The van der Waals surface area contributed by atoms with E-state index >= 15 is 0 Å². The quantitative estimate of drug-likeness (QED) is 0.337. The SMILES string of the molecule is O=C(OCc1ccccc1)c1ccc2c(c1)sc1cc3ccccc3cc12. The molecule has 5 aromatic rings. The number of fused-ring (bicyclic) bond motifs is 4. The van der Waals surface area contributed by atoms with Crippen LogP contribution in [-0.4, -0.2) is 5.97 Å². The zero-order valence-corrected chi connectivity index (χ0v) is 15.3. The van der Waals surface area contributed by atoms with Crippen LogP contribution in [0.1, 0.15) is 15.9 Å². The van der Waals surface area contributed by atoms with Gasteiger partial charge in [0.15, 0.2) is 0 Å². The first-order valence-electron chi connectivity index (χ1n) is 8.84. The first-order chi connectivity index (χ1) is 13.3. The molecule has 0 amide bonds. The zero-order valence-electron chi connectivity index (χ0n) is 14.5. The Morgan fingerprint density at radius 3 is 2.26 bits per heavy atom. The van der Waals surface area contributed by atoms with Gasteiger partial charge < -0.3 is 4.74 Å². The van der Waals surface area contributed by atoms with Crippen molar-refractivity contribution < 1.29 is 9.53 Å². The summed E-state index contributed by atoms with van der Waals surface area (Å²) in [5, 5.41) is 4.88. The molecule has 27 heavy (non-hydrogen) atoms. The molecule has 0 fully saturated rings. The second-order valence-electron chi connectivity index (χ2n) is 6.57. The van der Waals surface area contributed by atoms with Crippen LogP contribution in [0, 0.1) is 0 Å². The Morgan fingerprint density at radius 1 is 0.741 bits per heavy atom. The summed E-state index contributed by atoms with van der Waals surface area (Å²) in [6.07, 6.45) is 0. The maximum atomic E-state index is 12.5. The minimum atomic E-state index is -0.289. The van der Waals surface area contributed by atoms with Gasteiger partial charge in [-0.05, 0) is 40.6 Å². The van der Waals surface area contributed by atoms with Crippen molar-refractivity contribution in [3.63, 3.8) is 0 Å². The van der Waals surface area contributed by atoms with Gasteiger partial charge in [-0.15, -0.1) is 11.3 Å². The lowest BCUT2D eigenvalue weighted by Crippen LogP contribution is -2.04. The lowest BCUT2D eigenvalue weighted by Gasteiger charge is -2.05. The summed E-state index contributed by atoms with van der Waals surface area (Å²) < 4.78 is 7.81. The summed E-state index contributed by atoms with van der Waals surface area (Å²) in [6, 6.07) is 28.4. The Balaban J connectivity index is 1.50. The summed E-state index contributed by atoms with van der Waals surface area (Å²) in [4.78, 5) is 12.5. The van der Waals surface area contributed by atoms with Crippen LogP contribution in [0.5, 0.6) is 0 Å². The van der Waals surface area contributed by atoms with Gasteiger partial charge in [0.1, 0.15) is 6.61 Å². The highest BCUT2D eigenvalue weighted by Crippen LogP contribution is 2.36. The standard InChI is InChI=1S/C24H16O2S/c25-24(26-15-16-6-2-1-3-7-16)19-10-11-20-21-12-17-8-4-5-9-18(17)13-23(21)27-22(20)14-19/h1-14H,15H2. The minimum Gasteiger partial charge on any atom is -0.457 e. The number of carbonyl (C=O) groups is 1. The molecule has 2 nitrogen and oxygen atoms in total. The fourth-order valence-electron chi connectivity index (χ4n) is 3.40. The van der Waals surface area contributed by atoms with Crippen molar-refractivity contribution in [1.82, 2.24) is 0 Å². The van der Waals surface area contributed by atoms with Crippen LogP contribution in [0.2, 0.25) is 0 Å². The largest absolute Gasteiger partial charge is 0.457 e. The van der Waals surface area contributed by atoms with Crippen molar-refractivity contribution >= 4 is 48.3 Å². The van der Waals surface area contributed by atoms with Crippen molar-refractivity contribution in [2.45, 2.75) is 6.61 Å². The maximum Gasteiger partial charge on any atom is 0.338 e. The molecule has 0 spiro atoms. The molecule has 0 aliphatic heterocycles. The van der Waals surface area contributed by atoms with Gasteiger partial charge >= 0.3 is 5.97 Å². The van der Waals surface area contributed by atoms with Gasteiger partial charge in [-0.25, -0.2) is 4.79 Å². The molecule has 0 atom stereocenters. The molecule has 1 heterocycles. The van der Waals surface area contributed by atoms with E-state index in [1.54, 1.807) is 11.3 Å². The molecule has 0 unspecified atom stereocenters. The number of ether oxygens (including phenoxy) is 1. The Hall–Kier alpha value is -3.17. The van der Waals surface area contributed by atoms with E-state index in [9.17, 15) is 4.79 Å². The van der Waals surface area contributed by atoms with Gasteiger partial charge in [0, 0.05) is 20.2 Å². The number of hydrogen-bond acceptors (Lipinski definition) is 3. The third-order valence-corrected chi connectivity index (χ3v) is 5.90. The van der Waals surface area contributed by atoms with Gasteiger partial charge in [0.05, 0.1) is 5.56 Å². The van der Waals surface area contributed by atoms with Crippen LogP contribution in [0.15, 0.2) is 84.9 Å². The zero-order chi connectivity index (χ0) is 18.2. The predicted molar refractivity (Wildman–Crippen MR) is 112 cm³/mol. The topological polar surface area (TPSA) is 26.3 Å². The van der Waals surface area contributed by atoms with Gasteiger partial charge in [0.25, 0.3) is 0 Å². The van der Waals surface area contributed by atoms with E-state index in [-0.39, 0.29) is 12.6 Å².